The van der Waals surface area contributed by atoms with Crippen molar-refractivity contribution >= 4 is 40.6 Å². The second-order valence-electron chi connectivity index (χ2n) is 8.10. The molecule has 4 rings (SSSR count). The van der Waals surface area contributed by atoms with Crippen LogP contribution in [0.1, 0.15) is 24.0 Å². The number of carbonyl (C=O) groups excluding carboxylic acids is 1. The highest BCUT2D eigenvalue weighted by Gasteiger charge is 2.50. The van der Waals surface area contributed by atoms with Gasteiger partial charge >= 0.3 is 12.1 Å². The second kappa shape index (κ2) is 10.7. The van der Waals surface area contributed by atoms with E-state index in [1.165, 1.54) is 16.3 Å². The van der Waals surface area contributed by atoms with Gasteiger partial charge in [-0.1, -0.05) is 23.7 Å². The molecule has 4 heterocycles. The van der Waals surface area contributed by atoms with Crippen LogP contribution >= 0.6 is 23.1 Å². The van der Waals surface area contributed by atoms with Crippen LogP contribution in [-0.4, -0.2) is 65.6 Å². The third kappa shape index (κ3) is 5.19. The Labute approximate surface area is 214 Å². The van der Waals surface area contributed by atoms with Gasteiger partial charge in [0.1, 0.15) is 0 Å². The maximum atomic E-state index is 13.6. The first-order valence-electron chi connectivity index (χ1n) is 11.1. The van der Waals surface area contributed by atoms with E-state index in [2.05, 4.69) is 22.1 Å². The molecular weight excluding hydrogens is 517 g/mol. The molecule has 2 aliphatic rings. The van der Waals surface area contributed by atoms with E-state index >= 15 is 0 Å². The highest BCUT2D eigenvalue weighted by Crippen LogP contribution is 2.41. The topological polar surface area (TPSA) is 82.9 Å². The molecule has 2 unspecified atom stereocenters. The Balaban J connectivity index is 1.83. The summed E-state index contributed by atoms with van der Waals surface area (Å²) < 4.78 is 41.1. The molecule has 36 heavy (non-hydrogen) atoms. The maximum absolute atomic E-state index is 13.6. The van der Waals surface area contributed by atoms with E-state index in [-0.39, 0.29) is 28.5 Å². The van der Waals surface area contributed by atoms with Crippen LogP contribution in [0.4, 0.5) is 24.7 Å². The van der Waals surface area contributed by atoms with Gasteiger partial charge in [-0.3, -0.25) is 14.3 Å². The summed E-state index contributed by atoms with van der Waals surface area (Å²) in [6.45, 7) is 5.66. The summed E-state index contributed by atoms with van der Waals surface area (Å²) in [5.74, 6) is 3.11. The van der Waals surface area contributed by atoms with Gasteiger partial charge in [-0.25, -0.2) is 9.78 Å². The molecule has 194 valence electrons. The van der Waals surface area contributed by atoms with Crippen molar-refractivity contribution in [1.82, 2.24) is 19.8 Å². The molecular formula is C22H25F3N6O3S2. The van der Waals surface area contributed by atoms with Crippen LogP contribution in [0.3, 0.4) is 0 Å². The summed E-state index contributed by atoms with van der Waals surface area (Å²) in [4.78, 5) is 39.4. The number of anilines is 2. The number of hydroxylamine groups is 1. The first-order chi connectivity index (χ1) is 17.1. The number of thioether (sulfide) groups is 1. The molecule has 2 aromatic rings. The summed E-state index contributed by atoms with van der Waals surface area (Å²) in [7, 11) is 1.56. The number of nitrogens with zero attached hydrogens (tertiary/aromatic N) is 5. The second-order valence-corrected chi connectivity index (χ2v) is 10.4. The van der Waals surface area contributed by atoms with E-state index in [0.717, 1.165) is 9.94 Å². The summed E-state index contributed by atoms with van der Waals surface area (Å²) in [6.07, 6.45) is -6.24. The van der Waals surface area contributed by atoms with Crippen LogP contribution in [0.5, 0.6) is 0 Å². The Bertz CT molecular complexity index is 1220. The molecule has 2 aromatic heterocycles. The van der Waals surface area contributed by atoms with E-state index < -0.39 is 24.0 Å². The molecule has 1 N–H and O–H groups in total. The summed E-state index contributed by atoms with van der Waals surface area (Å²) in [5.41, 5.74) is -0.434. The Morgan fingerprint density at radius 2 is 2.11 bits per heavy atom. The average Bonchev–Trinajstić information content (AvgIpc) is 3.48. The van der Waals surface area contributed by atoms with Gasteiger partial charge in [0.2, 0.25) is 0 Å². The summed E-state index contributed by atoms with van der Waals surface area (Å²) in [5, 5.41) is 6.15. The zero-order chi connectivity index (χ0) is 26.0. The molecule has 0 saturated carbocycles. The number of fused-ring (bicyclic) bond motifs is 1. The van der Waals surface area contributed by atoms with Gasteiger partial charge in [0.05, 0.1) is 6.54 Å². The fourth-order valence-electron chi connectivity index (χ4n) is 3.98. The number of piperazine rings is 1. The fraction of sp³-hybridized carbons (Fsp3) is 0.500. The predicted molar refractivity (Wildman–Crippen MR) is 132 cm³/mol. The minimum atomic E-state index is -5.23. The molecule has 2 aliphatic heterocycles. The Morgan fingerprint density at radius 3 is 2.72 bits per heavy atom. The Hall–Kier alpha value is -2.73. The summed E-state index contributed by atoms with van der Waals surface area (Å²) >= 11 is 2.84. The van der Waals surface area contributed by atoms with Gasteiger partial charge in [0.15, 0.2) is 23.0 Å². The maximum Gasteiger partial charge on any atom is 0.493 e. The van der Waals surface area contributed by atoms with Crippen molar-refractivity contribution in [3.8, 4) is 11.8 Å². The van der Waals surface area contributed by atoms with Crippen molar-refractivity contribution in [2.24, 2.45) is 7.05 Å². The number of hydrogen-bond acceptors (Lipinski definition) is 10. The standard InChI is InChI=1S/C22H25F3N6O3S2/c1-4-5-10-30-16-17(27-20(28(3)18(16)32)36-14(2)15-7-6-13-35-15)31(34-19(33)22(23,24)25)21(30)29-11-8-26-9-12-29/h6-7,13-14,21,26H,8-12H2,1-3H3. The highest BCUT2D eigenvalue weighted by molar-refractivity contribution is 7.99. The lowest BCUT2D eigenvalue weighted by Crippen LogP contribution is -2.61. The van der Waals surface area contributed by atoms with Gasteiger partial charge in [-0.2, -0.15) is 13.2 Å². The molecule has 0 amide bonds. The van der Waals surface area contributed by atoms with Crippen LogP contribution in [0, 0.1) is 11.8 Å². The van der Waals surface area contributed by atoms with Crippen LogP contribution in [0.15, 0.2) is 27.5 Å². The lowest BCUT2D eigenvalue weighted by atomic mass is 10.3. The molecule has 1 fully saturated rings. The number of aromatic nitrogens is 2. The van der Waals surface area contributed by atoms with E-state index in [1.807, 2.05) is 29.3 Å². The molecule has 0 aliphatic carbocycles. The molecule has 0 bridgehead atoms. The smallest absolute Gasteiger partial charge is 0.327 e. The van der Waals surface area contributed by atoms with Gasteiger partial charge in [-0.15, -0.1) is 22.3 Å². The van der Waals surface area contributed by atoms with E-state index in [4.69, 9.17) is 4.84 Å². The van der Waals surface area contributed by atoms with Crippen molar-refractivity contribution < 1.29 is 22.8 Å². The molecule has 1 saturated heterocycles. The number of thiophene rings is 1. The Kier molecular flexibility index (Phi) is 7.84. The number of rotatable bonds is 6. The molecule has 0 spiro atoms. The van der Waals surface area contributed by atoms with Crippen LogP contribution in [0.2, 0.25) is 0 Å². The normalized spacial score (nSPS) is 19.0. The number of halogens is 3. The zero-order valence-corrected chi connectivity index (χ0v) is 21.5. The fourth-order valence-corrected chi connectivity index (χ4v) is 5.84. The predicted octanol–water partition coefficient (Wildman–Crippen LogP) is 2.55. The first kappa shape index (κ1) is 26.3. The quantitative estimate of drug-likeness (QED) is 0.337. The minimum Gasteiger partial charge on any atom is -0.327 e. The van der Waals surface area contributed by atoms with Crippen molar-refractivity contribution in [3.63, 3.8) is 0 Å². The molecule has 14 heteroatoms. The lowest BCUT2D eigenvalue weighted by molar-refractivity contribution is -0.203. The summed E-state index contributed by atoms with van der Waals surface area (Å²) in [6, 6.07) is 3.87. The molecule has 0 aromatic carbocycles. The molecule has 2 atom stereocenters. The zero-order valence-electron chi connectivity index (χ0n) is 19.8. The van der Waals surface area contributed by atoms with Crippen LogP contribution in [-0.2, 0) is 16.7 Å². The van der Waals surface area contributed by atoms with Gasteiger partial charge in [0.25, 0.3) is 5.56 Å². The SMILES string of the molecule is CC#CCN1c2c(nc(SC(C)c3cccs3)n(C)c2=O)N(OC(=O)C(F)(F)F)C1N1CCNCC1. The first-order valence-corrected chi connectivity index (χ1v) is 12.9. The van der Waals surface area contributed by atoms with E-state index in [0.29, 0.717) is 26.2 Å². The molecule has 0 radical (unpaired) electrons. The number of nitrogens with one attached hydrogen (secondary N) is 1. The average molecular weight is 543 g/mol. The largest absolute Gasteiger partial charge is 0.493 e. The van der Waals surface area contributed by atoms with E-state index in [9.17, 15) is 22.8 Å². The third-order valence-corrected chi connectivity index (χ3v) is 8.12. The van der Waals surface area contributed by atoms with Gasteiger partial charge in [0, 0.05) is 43.4 Å². The number of hydrogen-bond donors (Lipinski definition) is 1. The number of carbonyl (C=O) groups is 1. The van der Waals surface area contributed by atoms with Crippen LogP contribution < -0.4 is 20.8 Å². The highest BCUT2D eigenvalue weighted by atomic mass is 32.2. The third-order valence-electron chi connectivity index (χ3n) is 5.74. The van der Waals surface area contributed by atoms with Crippen molar-refractivity contribution in [1.29, 1.82) is 0 Å². The van der Waals surface area contributed by atoms with Crippen molar-refractivity contribution in [2.75, 3.05) is 42.7 Å². The molecule has 9 nitrogen and oxygen atoms in total. The van der Waals surface area contributed by atoms with Crippen molar-refractivity contribution in [3.05, 3.63) is 32.7 Å². The van der Waals surface area contributed by atoms with E-state index in [1.54, 1.807) is 30.2 Å². The lowest BCUT2D eigenvalue weighted by Gasteiger charge is -2.40. The van der Waals surface area contributed by atoms with Crippen LogP contribution in [0.25, 0.3) is 0 Å². The minimum absolute atomic E-state index is 0.0342. The Morgan fingerprint density at radius 1 is 1.39 bits per heavy atom. The monoisotopic (exact) mass is 542 g/mol. The number of alkyl halides is 3. The van der Waals surface area contributed by atoms with Gasteiger partial charge < -0.3 is 15.1 Å². The van der Waals surface area contributed by atoms with Gasteiger partial charge in [-0.05, 0) is 25.3 Å². The van der Waals surface area contributed by atoms with Crippen molar-refractivity contribution in [2.45, 2.75) is 36.7 Å².